The first-order chi connectivity index (χ1) is 10.0. The quantitative estimate of drug-likeness (QED) is 0.925. The molecule has 0 bridgehead atoms. The molecular formula is C15H23ClN4O. The number of nitrogens with zero attached hydrogens (tertiary/aromatic N) is 3. The van der Waals surface area contributed by atoms with Crippen LogP contribution in [0.1, 0.15) is 32.6 Å². The fourth-order valence-electron chi connectivity index (χ4n) is 3.38. The molecule has 5 nitrogen and oxygen atoms in total. The number of halogens is 1. The monoisotopic (exact) mass is 310 g/mol. The summed E-state index contributed by atoms with van der Waals surface area (Å²) >= 11 is 6.26. The lowest BCUT2D eigenvalue weighted by atomic mass is 9.85. The van der Waals surface area contributed by atoms with E-state index in [1.165, 1.54) is 19.3 Å². The van der Waals surface area contributed by atoms with Crippen LogP contribution < -0.4 is 16.2 Å². The van der Waals surface area contributed by atoms with Gasteiger partial charge >= 0.3 is 0 Å². The van der Waals surface area contributed by atoms with Gasteiger partial charge in [0.1, 0.15) is 5.69 Å². The minimum absolute atomic E-state index is 0.0734. The maximum Gasteiger partial charge on any atom is 0.291 e. The number of rotatable bonds is 3. The van der Waals surface area contributed by atoms with Gasteiger partial charge in [0.2, 0.25) is 0 Å². The van der Waals surface area contributed by atoms with Crippen LogP contribution in [0.5, 0.6) is 0 Å². The topological polar surface area (TPSA) is 64.2 Å². The smallest absolute Gasteiger partial charge is 0.291 e. The van der Waals surface area contributed by atoms with Gasteiger partial charge in [-0.3, -0.25) is 4.79 Å². The molecule has 1 aliphatic heterocycles. The van der Waals surface area contributed by atoms with Gasteiger partial charge in [0.05, 0.1) is 11.2 Å². The molecule has 1 saturated heterocycles. The summed E-state index contributed by atoms with van der Waals surface area (Å²) in [7, 11) is 0. The molecule has 1 aromatic rings. The van der Waals surface area contributed by atoms with Gasteiger partial charge in [0.15, 0.2) is 0 Å². The molecule has 2 unspecified atom stereocenters. The van der Waals surface area contributed by atoms with E-state index in [4.69, 9.17) is 17.3 Å². The van der Waals surface area contributed by atoms with Crippen molar-refractivity contribution in [2.75, 3.05) is 18.0 Å². The van der Waals surface area contributed by atoms with Crippen molar-refractivity contribution < 1.29 is 0 Å². The van der Waals surface area contributed by atoms with Crippen LogP contribution in [0, 0.1) is 11.8 Å². The molecule has 1 aliphatic carbocycles. The first-order valence-electron chi connectivity index (χ1n) is 7.80. The zero-order valence-electron chi connectivity index (χ0n) is 12.5. The number of hydrogen-bond acceptors (Lipinski definition) is 4. The Hall–Kier alpha value is -1.07. The fraction of sp³-hybridized carbons (Fsp3) is 0.733. The number of anilines is 1. The third kappa shape index (κ3) is 3.09. The molecule has 0 radical (unpaired) electrons. The van der Waals surface area contributed by atoms with Gasteiger partial charge < -0.3 is 10.6 Å². The largest absolute Gasteiger partial charge is 0.364 e. The Morgan fingerprint density at radius 2 is 2.19 bits per heavy atom. The Morgan fingerprint density at radius 3 is 2.81 bits per heavy atom. The highest BCUT2D eigenvalue weighted by Gasteiger charge is 2.27. The van der Waals surface area contributed by atoms with Crippen LogP contribution in [0.4, 0.5) is 5.69 Å². The zero-order valence-corrected chi connectivity index (χ0v) is 13.2. The molecule has 3 rings (SSSR count). The number of piperidine rings is 1. The molecule has 2 atom stereocenters. The molecule has 1 aromatic heterocycles. The van der Waals surface area contributed by atoms with Crippen molar-refractivity contribution in [2.24, 2.45) is 17.6 Å². The zero-order chi connectivity index (χ0) is 15.0. The van der Waals surface area contributed by atoms with Gasteiger partial charge in [0, 0.05) is 25.7 Å². The maximum atomic E-state index is 12.7. The van der Waals surface area contributed by atoms with Crippen LogP contribution in [0.2, 0.25) is 5.02 Å². The normalized spacial score (nSPS) is 26.7. The van der Waals surface area contributed by atoms with Crippen molar-refractivity contribution in [3.05, 3.63) is 21.6 Å². The van der Waals surface area contributed by atoms with Crippen LogP contribution in [-0.4, -0.2) is 28.9 Å². The SMILES string of the molecule is CC1CC(N)CN(c2c(Cl)cnn(CC3CCC3)c2=O)C1. The second kappa shape index (κ2) is 5.97. The summed E-state index contributed by atoms with van der Waals surface area (Å²) in [5, 5.41) is 4.64. The number of nitrogens with two attached hydrogens (primary N) is 1. The number of aromatic nitrogens is 2. The Labute approximate surface area is 130 Å². The molecule has 21 heavy (non-hydrogen) atoms. The lowest BCUT2D eigenvalue weighted by Crippen LogP contribution is -2.48. The van der Waals surface area contributed by atoms with E-state index in [0.717, 1.165) is 13.0 Å². The summed E-state index contributed by atoms with van der Waals surface area (Å²) in [5.41, 5.74) is 6.60. The highest BCUT2D eigenvalue weighted by Crippen LogP contribution is 2.29. The van der Waals surface area contributed by atoms with Crippen LogP contribution >= 0.6 is 11.6 Å². The van der Waals surface area contributed by atoms with Crippen molar-refractivity contribution in [3.63, 3.8) is 0 Å². The Morgan fingerprint density at radius 1 is 1.43 bits per heavy atom. The van der Waals surface area contributed by atoms with Gasteiger partial charge in [-0.1, -0.05) is 24.9 Å². The van der Waals surface area contributed by atoms with Crippen molar-refractivity contribution in [3.8, 4) is 0 Å². The van der Waals surface area contributed by atoms with Gasteiger partial charge in [-0.05, 0) is 31.1 Å². The van der Waals surface area contributed by atoms with Crippen LogP contribution in [0.3, 0.4) is 0 Å². The third-order valence-electron chi connectivity index (χ3n) is 4.64. The molecule has 1 saturated carbocycles. The first kappa shape index (κ1) is 14.9. The van der Waals surface area contributed by atoms with Gasteiger partial charge in [-0.25, -0.2) is 4.68 Å². The molecule has 0 aromatic carbocycles. The molecule has 2 aliphatic rings. The highest BCUT2D eigenvalue weighted by molar-refractivity contribution is 6.33. The molecule has 6 heteroatoms. The van der Waals surface area contributed by atoms with Crippen LogP contribution in [0.25, 0.3) is 0 Å². The Balaban J connectivity index is 1.89. The Bertz CT molecular complexity index is 559. The average Bonchev–Trinajstić information content (AvgIpc) is 2.34. The highest BCUT2D eigenvalue weighted by atomic mass is 35.5. The molecule has 0 spiro atoms. The standard InChI is InChI=1S/C15H23ClN4O/c1-10-5-12(17)9-19(7-10)14-13(16)6-18-20(15(14)21)8-11-3-2-4-11/h6,10-12H,2-5,7-9,17H2,1H3. The van der Waals surface area contributed by atoms with Crippen molar-refractivity contribution in [1.82, 2.24) is 9.78 Å². The van der Waals surface area contributed by atoms with E-state index in [2.05, 4.69) is 12.0 Å². The number of hydrogen-bond donors (Lipinski definition) is 1. The summed E-state index contributed by atoms with van der Waals surface area (Å²) in [6, 6.07) is 0.0949. The predicted molar refractivity (Wildman–Crippen MR) is 84.8 cm³/mol. The van der Waals surface area contributed by atoms with E-state index in [1.807, 2.05) is 4.90 Å². The fourth-order valence-corrected chi connectivity index (χ4v) is 3.62. The summed E-state index contributed by atoms with van der Waals surface area (Å²) in [4.78, 5) is 14.8. The van der Waals surface area contributed by atoms with Crippen molar-refractivity contribution >= 4 is 17.3 Å². The summed E-state index contributed by atoms with van der Waals surface area (Å²) in [6.45, 7) is 4.38. The van der Waals surface area contributed by atoms with Gasteiger partial charge in [-0.15, -0.1) is 0 Å². The van der Waals surface area contributed by atoms with E-state index in [9.17, 15) is 4.79 Å². The summed E-state index contributed by atoms with van der Waals surface area (Å²) in [6.07, 6.45) is 6.24. The predicted octanol–water partition coefficient (Wildman–Crippen LogP) is 1.87. The van der Waals surface area contributed by atoms with E-state index in [1.54, 1.807) is 10.9 Å². The minimum Gasteiger partial charge on any atom is -0.364 e. The van der Waals surface area contributed by atoms with Crippen LogP contribution in [0.15, 0.2) is 11.0 Å². The molecular weight excluding hydrogens is 288 g/mol. The maximum absolute atomic E-state index is 12.7. The van der Waals surface area contributed by atoms with Crippen molar-refractivity contribution in [2.45, 2.75) is 45.2 Å². The molecule has 116 valence electrons. The first-order valence-corrected chi connectivity index (χ1v) is 8.18. The molecule has 2 N–H and O–H groups in total. The van der Waals surface area contributed by atoms with E-state index < -0.39 is 0 Å². The summed E-state index contributed by atoms with van der Waals surface area (Å²) < 4.78 is 1.58. The molecule has 2 fully saturated rings. The van der Waals surface area contributed by atoms with Gasteiger partial charge in [0.25, 0.3) is 5.56 Å². The summed E-state index contributed by atoms with van der Waals surface area (Å²) in [5.74, 6) is 1.06. The second-order valence-corrected chi connectivity index (χ2v) is 7.04. The molecule has 2 heterocycles. The lowest BCUT2D eigenvalue weighted by Gasteiger charge is -2.36. The van der Waals surface area contributed by atoms with E-state index >= 15 is 0 Å². The van der Waals surface area contributed by atoms with Crippen LogP contribution in [-0.2, 0) is 6.54 Å². The molecule has 0 amide bonds. The van der Waals surface area contributed by atoms with Crippen molar-refractivity contribution in [1.29, 1.82) is 0 Å². The lowest BCUT2D eigenvalue weighted by molar-refractivity contribution is 0.261. The third-order valence-corrected chi connectivity index (χ3v) is 4.91. The minimum atomic E-state index is -0.0734. The van der Waals surface area contributed by atoms with E-state index in [0.29, 0.717) is 35.6 Å². The second-order valence-electron chi connectivity index (χ2n) is 6.63. The van der Waals surface area contributed by atoms with E-state index in [-0.39, 0.29) is 11.6 Å². The average molecular weight is 311 g/mol. The Kier molecular flexibility index (Phi) is 4.22. The van der Waals surface area contributed by atoms with Gasteiger partial charge in [-0.2, -0.15) is 5.10 Å².